The van der Waals surface area contributed by atoms with E-state index in [1.807, 2.05) is 0 Å². The Bertz CT molecular complexity index is 428. The predicted octanol–water partition coefficient (Wildman–Crippen LogP) is 1.07. The molecule has 4 heteroatoms. The van der Waals surface area contributed by atoms with Gasteiger partial charge in [0.2, 0.25) is 5.91 Å². The van der Waals surface area contributed by atoms with E-state index >= 15 is 0 Å². The lowest BCUT2D eigenvalue weighted by Crippen LogP contribution is -2.33. The molecule has 1 heterocycles. The number of carbonyl (C=O) groups is 2. The molecular formula is C11H11NO3. The molecule has 2 rings (SSSR count). The predicted molar refractivity (Wildman–Crippen MR) is 52.9 cm³/mol. The average molecular weight is 205 g/mol. The maximum atomic E-state index is 11.8. The van der Waals surface area contributed by atoms with Crippen LogP contribution in [0.15, 0.2) is 24.3 Å². The summed E-state index contributed by atoms with van der Waals surface area (Å²) >= 11 is 0. The van der Waals surface area contributed by atoms with Gasteiger partial charge in [0.25, 0.3) is 5.91 Å². The van der Waals surface area contributed by atoms with Gasteiger partial charge in [-0.2, -0.15) is 0 Å². The van der Waals surface area contributed by atoms with Crippen LogP contribution in [0.25, 0.3) is 0 Å². The number of aliphatic hydroxyl groups excluding tert-OH is 1. The van der Waals surface area contributed by atoms with Gasteiger partial charge in [-0.3, -0.25) is 9.59 Å². The highest BCUT2D eigenvalue weighted by atomic mass is 16.3. The zero-order valence-electron chi connectivity index (χ0n) is 8.30. The smallest absolute Gasteiger partial charge is 0.263 e. The van der Waals surface area contributed by atoms with E-state index in [0.717, 1.165) is 4.90 Å². The van der Waals surface area contributed by atoms with Crippen molar-refractivity contribution in [2.24, 2.45) is 0 Å². The first-order valence-electron chi connectivity index (χ1n) is 4.80. The summed E-state index contributed by atoms with van der Waals surface area (Å²) < 4.78 is 0. The number of fused-ring (bicyclic) bond motifs is 1. The minimum Gasteiger partial charge on any atom is -0.369 e. The Labute approximate surface area is 87.1 Å². The van der Waals surface area contributed by atoms with Crippen LogP contribution in [0.1, 0.15) is 35.5 Å². The monoisotopic (exact) mass is 205 g/mol. The molecule has 0 saturated carbocycles. The van der Waals surface area contributed by atoms with Gasteiger partial charge in [-0.25, -0.2) is 4.90 Å². The Morgan fingerprint density at radius 2 is 2.13 bits per heavy atom. The zero-order chi connectivity index (χ0) is 11.0. The molecule has 1 aliphatic heterocycles. The first-order chi connectivity index (χ1) is 7.16. The first-order valence-corrected chi connectivity index (χ1v) is 4.80. The van der Waals surface area contributed by atoms with Crippen molar-refractivity contribution < 1.29 is 14.7 Å². The number of aliphatic hydroxyl groups is 1. The van der Waals surface area contributed by atoms with Crippen molar-refractivity contribution in [2.75, 3.05) is 0 Å². The van der Waals surface area contributed by atoms with Gasteiger partial charge in [-0.15, -0.1) is 0 Å². The molecule has 1 aromatic carbocycles. The molecule has 0 fully saturated rings. The number of rotatable bonds is 1. The zero-order valence-corrected chi connectivity index (χ0v) is 8.30. The second kappa shape index (κ2) is 3.47. The number of benzene rings is 1. The number of carbonyl (C=O) groups excluding carboxylic acids is 2. The van der Waals surface area contributed by atoms with Crippen molar-refractivity contribution in [1.82, 2.24) is 4.90 Å². The molecule has 0 unspecified atom stereocenters. The normalized spacial score (nSPS) is 19.2. The summed E-state index contributed by atoms with van der Waals surface area (Å²) in [5.41, 5.74) is 0.913. The van der Waals surface area contributed by atoms with Gasteiger partial charge in [0.05, 0.1) is 0 Å². The molecule has 0 radical (unpaired) electrons. The van der Waals surface area contributed by atoms with E-state index in [-0.39, 0.29) is 12.3 Å². The van der Waals surface area contributed by atoms with Gasteiger partial charge in [0.15, 0.2) is 6.23 Å². The maximum Gasteiger partial charge on any atom is 0.263 e. The number of amides is 2. The average Bonchev–Trinajstić information content (AvgIpc) is 2.52. The second-order valence-corrected chi connectivity index (χ2v) is 3.38. The van der Waals surface area contributed by atoms with Gasteiger partial charge in [-0.1, -0.05) is 25.1 Å². The molecule has 0 aromatic heterocycles. The quantitative estimate of drug-likeness (QED) is 0.746. The van der Waals surface area contributed by atoms with Crippen LogP contribution >= 0.6 is 0 Å². The summed E-state index contributed by atoms with van der Waals surface area (Å²) in [5.74, 6) is -0.770. The molecule has 0 spiro atoms. The lowest BCUT2D eigenvalue weighted by Gasteiger charge is -2.17. The summed E-state index contributed by atoms with van der Waals surface area (Å²) in [5, 5.41) is 9.80. The van der Waals surface area contributed by atoms with E-state index in [9.17, 15) is 14.7 Å². The fourth-order valence-electron chi connectivity index (χ4n) is 1.72. The van der Waals surface area contributed by atoms with Crippen LogP contribution in [0.5, 0.6) is 0 Å². The second-order valence-electron chi connectivity index (χ2n) is 3.38. The summed E-state index contributed by atoms with van der Waals surface area (Å²) in [4.78, 5) is 24.1. The number of imide groups is 1. The SMILES string of the molecule is CCC(=O)N1C(=O)c2ccccc2[C@@H]1O. The summed E-state index contributed by atoms with van der Waals surface area (Å²) in [6.45, 7) is 1.66. The van der Waals surface area contributed by atoms with Crippen molar-refractivity contribution in [2.45, 2.75) is 19.6 Å². The third-order valence-corrected chi connectivity index (χ3v) is 2.50. The highest BCUT2D eigenvalue weighted by molar-refractivity contribution is 6.08. The van der Waals surface area contributed by atoms with Gasteiger partial charge in [0, 0.05) is 17.5 Å². The molecule has 4 nitrogen and oxygen atoms in total. The maximum absolute atomic E-state index is 11.8. The fourth-order valence-corrected chi connectivity index (χ4v) is 1.72. The van der Waals surface area contributed by atoms with Crippen molar-refractivity contribution in [3.8, 4) is 0 Å². The minimum absolute atomic E-state index is 0.205. The number of hydrogen-bond acceptors (Lipinski definition) is 3. The van der Waals surface area contributed by atoms with E-state index in [4.69, 9.17) is 0 Å². The Hall–Kier alpha value is -1.68. The third-order valence-electron chi connectivity index (χ3n) is 2.50. The summed E-state index contributed by atoms with van der Waals surface area (Å²) in [6.07, 6.45) is -0.919. The standard InChI is InChI=1S/C11H11NO3/c1-2-9(13)12-10(14)7-5-3-4-6-8(7)11(12)15/h3-6,10,14H,2H2,1H3/t10-/m0/s1. The third kappa shape index (κ3) is 1.34. The summed E-state index contributed by atoms with van der Waals surface area (Å²) in [6, 6.07) is 6.71. The van der Waals surface area contributed by atoms with E-state index < -0.39 is 12.1 Å². The molecule has 15 heavy (non-hydrogen) atoms. The highest BCUT2D eigenvalue weighted by Crippen LogP contribution is 2.31. The van der Waals surface area contributed by atoms with Gasteiger partial charge < -0.3 is 5.11 Å². The van der Waals surface area contributed by atoms with Crippen molar-refractivity contribution in [3.05, 3.63) is 35.4 Å². The lowest BCUT2D eigenvalue weighted by molar-refractivity contribution is -0.135. The van der Waals surface area contributed by atoms with Gasteiger partial charge >= 0.3 is 0 Å². The van der Waals surface area contributed by atoms with Crippen LogP contribution < -0.4 is 0 Å². The largest absolute Gasteiger partial charge is 0.369 e. The van der Waals surface area contributed by atoms with Crippen molar-refractivity contribution >= 4 is 11.8 Å². The van der Waals surface area contributed by atoms with Crippen LogP contribution in [-0.2, 0) is 4.79 Å². The van der Waals surface area contributed by atoms with Crippen molar-refractivity contribution in [1.29, 1.82) is 0 Å². The van der Waals surface area contributed by atoms with Gasteiger partial charge in [0.1, 0.15) is 0 Å². The van der Waals surface area contributed by atoms with Crippen LogP contribution in [0.4, 0.5) is 0 Å². The van der Waals surface area contributed by atoms with E-state index in [1.165, 1.54) is 0 Å². The molecule has 1 atom stereocenters. The lowest BCUT2D eigenvalue weighted by atomic mass is 10.1. The Balaban J connectivity index is 2.45. The fraction of sp³-hybridized carbons (Fsp3) is 0.273. The molecule has 1 aromatic rings. The van der Waals surface area contributed by atoms with Crippen LogP contribution in [0.2, 0.25) is 0 Å². The van der Waals surface area contributed by atoms with Crippen LogP contribution in [-0.4, -0.2) is 21.8 Å². The topological polar surface area (TPSA) is 57.6 Å². The Kier molecular flexibility index (Phi) is 2.28. The molecule has 2 amide bonds. The Morgan fingerprint density at radius 1 is 1.47 bits per heavy atom. The molecular weight excluding hydrogens is 194 g/mol. The van der Waals surface area contributed by atoms with Crippen molar-refractivity contribution in [3.63, 3.8) is 0 Å². The van der Waals surface area contributed by atoms with E-state index in [1.54, 1.807) is 31.2 Å². The molecule has 0 saturated heterocycles. The van der Waals surface area contributed by atoms with E-state index in [0.29, 0.717) is 11.1 Å². The number of nitrogens with zero attached hydrogens (tertiary/aromatic N) is 1. The van der Waals surface area contributed by atoms with E-state index in [2.05, 4.69) is 0 Å². The molecule has 0 aliphatic carbocycles. The summed E-state index contributed by atoms with van der Waals surface area (Å²) in [7, 11) is 0. The molecule has 1 N–H and O–H groups in total. The minimum atomic E-state index is -1.12. The van der Waals surface area contributed by atoms with Crippen LogP contribution in [0, 0.1) is 0 Å². The Morgan fingerprint density at radius 3 is 2.73 bits per heavy atom. The molecule has 1 aliphatic rings. The van der Waals surface area contributed by atoms with Gasteiger partial charge in [-0.05, 0) is 6.07 Å². The number of hydrogen-bond donors (Lipinski definition) is 1. The molecule has 78 valence electrons. The highest BCUT2D eigenvalue weighted by Gasteiger charge is 2.38. The first kappa shape index (κ1) is 9.86. The molecule has 0 bridgehead atoms. The van der Waals surface area contributed by atoms with Crippen LogP contribution in [0.3, 0.4) is 0 Å².